The molecule has 1 aromatic heterocycles. The van der Waals surface area contributed by atoms with Gasteiger partial charge in [0, 0.05) is 13.6 Å². The van der Waals surface area contributed by atoms with Crippen LogP contribution in [0.4, 0.5) is 0 Å². The van der Waals surface area contributed by atoms with Gasteiger partial charge in [0.25, 0.3) is 0 Å². The molecule has 0 bridgehead atoms. The van der Waals surface area contributed by atoms with Crippen molar-refractivity contribution in [2.45, 2.75) is 38.5 Å². The lowest BCUT2D eigenvalue weighted by Crippen LogP contribution is -1.90. The van der Waals surface area contributed by atoms with Crippen LogP contribution in [-0.4, -0.2) is 9.96 Å². The van der Waals surface area contributed by atoms with Crippen LogP contribution >= 0.6 is 8.35 Å². The fourth-order valence-electron chi connectivity index (χ4n) is 1.88. The lowest BCUT2D eigenvalue weighted by molar-refractivity contribution is 0.730. The Morgan fingerprint density at radius 1 is 1.45 bits per heavy atom. The summed E-state index contributed by atoms with van der Waals surface area (Å²) < 4.78 is 0. The molecule has 2 rings (SSSR count). The summed E-state index contributed by atoms with van der Waals surface area (Å²) in [6.07, 6.45) is 5.60. The van der Waals surface area contributed by atoms with Gasteiger partial charge < -0.3 is 0 Å². The first-order valence-corrected chi connectivity index (χ1v) is 5.14. The molecule has 2 nitrogen and oxygen atoms in total. The van der Waals surface area contributed by atoms with Crippen molar-refractivity contribution in [2.24, 2.45) is 0 Å². The van der Waals surface area contributed by atoms with Crippen LogP contribution in [0.2, 0.25) is 0 Å². The van der Waals surface area contributed by atoms with Crippen LogP contribution in [0.3, 0.4) is 0 Å². The van der Waals surface area contributed by atoms with Crippen molar-refractivity contribution in [2.75, 3.05) is 0 Å². The fraction of sp³-hybridized carbons (Fsp3) is 0.750. The largest absolute Gasteiger partial charge is 0.260 e. The number of rotatable bonds is 1. The zero-order valence-corrected chi connectivity index (χ0v) is 7.69. The summed E-state index contributed by atoms with van der Waals surface area (Å²) in [5.74, 6) is 0.843. The number of hydrogen-bond acceptors (Lipinski definition) is 1. The summed E-state index contributed by atoms with van der Waals surface area (Å²) in [5.41, 5.74) is 1.23. The van der Waals surface area contributed by atoms with Crippen LogP contribution in [0.15, 0.2) is 0 Å². The number of nitrogens with zero attached hydrogens (tertiary/aromatic N) is 1. The Labute approximate surface area is 68.6 Å². The summed E-state index contributed by atoms with van der Waals surface area (Å²) in [5, 5.41) is 5.72. The second-order valence-electron chi connectivity index (χ2n) is 3.28. The Bertz CT molecular complexity index is 238. The third-order valence-corrected chi connectivity index (χ3v) is 3.63. The van der Waals surface area contributed by atoms with Crippen molar-refractivity contribution in [3.05, 3.63) is 11.0 Å². The first-order valence-electron chi connectivity index (χ1n) is 4.25. The molecular formula is C8H13N2P. The van der Waals surface area contributed by atoms with E-state index in [9.17, 15) is 0 Å². The fourth-order valence-corrected chi connectivity index (χ4v) is 2.84. The van der Waals surface area contributed by atoms with Crippen LogP contribution in [0.1, 0.15) is 42.6 Å². The Hall–Kier alpha value is -0.360. The van der Waals surface area contributed by atoms with E-state index < -0.39 is 0 Å². The minimum Gasteiger partial charge on any atom is -0.260 e. The molecule has 1 aromatic rings. The Balaban J connectivity index is 2.21. The first kappa shape index (κ1) is 7.30. The second kappa shape index (κ2) is 2.94. The molecule has 60 valence electrons. The second-order valence-corrected chi connectivity index (χ2v) is 4.18. The Morgan fingerprint density at radius 2 is 2.18 bits per heavy atom. The molecule has 1 saturated carbocycles. The van der Waals surface area contributed by atoms with Crippen molar-refractivity contribution in [3.63, 3.8) is 0 Å². The highest BCUT2D eigenvalue weighted by Crippen LogP contribution is 2.38. The van der Waals surface area contributed by atoms with E-state index in [4.69, 9.17) is 0 Å². The van der Waals surface area contributed by atoms with Crippen molar-refractivity contribution >= 4 is 8.35 Å². The van der Waals surface area contributed by atoms with Crippen LogP contribution in [0, 0.1) is 6.92 Å². The molecule has 0 saturated heterocycles. The summed E-state index contributed by atoms with van der Waals surface area (Å²) in [7, 11) is 1.24. The molecule has 3 heteroatoms. The summed E-state index contributed by atoms with van der Waals surface area (Å²) in [6.45, 7) is 2.11. The van der Waals surface area contributed by atoms with Gasteiger partial charge in [-0.15, -0.1) is 0 Å². The van der Waals surface area contributed by atoms with Gasteiger partial charge in [-0.25, -0.2) is 0 Å². The maximum atomic E-state index is 4.18. The van der Waals surface area contributed by atoms with Gasteiger partial charge in [-0.2, -0.15) is 5.10 Å². The van der Waals surface area contributed by atoms with Gasteiger partial charge >= 0.3 is 0 Å². The molecule has 11 heavy (non-hydrogen) atoms. The van der Waals surface area contributed by atoms with Gasteiger partial charge in [0.15, 0.2) is 0 Å². The maximum Gasteiger partial charge on any atom is 0.0674 e. The number of nitrogens with one attached hydrogen (secondary N) is 1. The standard InChI is InChI=1S/C8H13N2P/c1-6-8(11-10-9-6)7-4-2-3-5-7/h7H,2-5H2,1H3,(H,9,10). The number of aromatic amines is 1. The molecule has 1 heterocycles. The lowest BCUT2D eigenvalue weighted by Gasteiger charge is -2.04. The lowest BCUT2D eigenvalue weighted by atomic mass is 10.1. The summed E-state index contributed by atoms with van der Waals surface area (Å²) >= 11 is 0. The van der Waals surface area contributed by atoms with E-state index in [2.05, 4.69) is 16.9 Å². The predicted molar refractivity (Wildman–Crippen MR) is 47.0 cm³/mol. The van der Waals surface area contributed by atoms with Gasteiger partial charge in [-0.05, 0) is 25.7 Å². The maximum absolute atomic E-state index is 4.18. The minimum absolute atomic E-state index is 0.843. The minimum atomic E-state index is 0.843. The highest BCUT2D eigenvalue weighted by Gasteiger charge is 2.20. The van der Waals surface area contributed by atoms with Gasteiger partial charge in [0.2, 0.25) is 0 Å². The van der Waals surface area contributed by atoms with Gasteiger partial charge in [-0.1, -0.05) is 12.8 Å². The van der Waals surface area contributed by atoms with E-state index in [1.807, 2.05) is 0 Å². The predicted octanol–water partition coefficient (Wildman–Crippen LogP) is 2.96. The molecule has 1 aliphatic carbocycles. The van der Waals surface area contributed by atoms with E-state index in [0.717, 1.165) is 5.92 Å². The average molecular weight is 168 g/mol. The molecule has 0 unspecified atom stereocenters. The molecule has 0 atom stereocenters. The quantitative estimate of drug-likeness (QED) is 0.686. The van der Waals surface area contributed by atoms with E-state index in [1.54, 1.807) is 5.30 Å². The topological polar surface area (TPSA) is 28.7 Å². The molecule has 0 aromatic carbocycles. The Morgan fingerprint density at radius 3 is 2.73 bits per heavy atom. The van der Waals surface area contributed by atoms with Gasteiger partial charge in [-0.3, -0.25) is 4.86 Å². The SMILES string of the molecule is Cc1n[nH]pc1C1CCCC1. The van der Waals surface area contributed by atoms with E-state index in [-0.39, 0.29) is 0 Å². The molecule has 0 aliphatic heterocycles. The first-order chi connectivity index (χ1) is 5.38. The van der Waals surface area contributed by atoms with Crippen molar-refractivity contribution < 1.29 is 0 Å². The number of aromatic nitrogens is 2. The number of aryl methyl sites for hydroxylation is 1. The molecule has 1 N–H and O–H groups in total. The monoisotopic (exact) mass is 168 g/mol. The summed E-state index contributed by atoms with van der Waals surface area (Å²) in [6, 6.07) is 0. The third-order valence-electron chi connectivity index (χ3n) is 2.50. The molecule has 0 amide bonds. The van der Waals surface area contributed by atoms with Crippen LogP contribution in [0.5, 0.6) is 0 Å². The molecule has 1 aliphatic rings. The average Bonchev–Trinajstić information content (AvgIpc) is 2.55. The van der Waals surface area contributed by atoms with E-state index in [1.165, 1.54) is 39.7 Å². The zero-order valence-electron chi connectivity index (χ0n) is 6.80. The highest BCUT2D eigenvalue weighted by molar-refractivity contribution is 7.26. The van der Waals surface area contributed by atoms with E-state index in [0.29, 0.717) is 0 Å². The van der Waals surface area contributed by atoms with Crippen LogP contribution in [-0.2, 0) is 0 Å². The molecule has 0 spiro atoms. The number of H-pyrrole nitrogens is 1. The molecule has 0 radical (unpaired) electrons. The summed E-state index contributed by atoms with van der Waals surface area (Å²) in [4.78, 5) is 3.02. The van der Waals surface area contributed by atoms with Crippen molar-refractivity contribution in [3.8, 4) is 0 Å². The zero-order chi connectivity index (χ0) is 7.68. The molecular weight excluding hydrogens is 155 g/mol. The number of hydrogen-bond donors (Lipinski definition) is 1. The van der Waals surface area contributed by atoms with Gasteiger partial charge in [0.05, 0.1) is 5.69 Å². The van der Waals surface area contributed by atoms with Gasteiger partial charge in [0.1, 0.15) is 0 Å². The van der Waals surface area contributed by atoms with Crippen molar-refractivity contribution in [1.29, 1.82) is 0 Å². The highest BCUT2D eigenvalue weighted by atomic mass is 31.0. The Kier molecular flexibility index (Phi) is 1.95. The third kappa shape index (κ3) is 1.32. The van der Waals surface area contributed by atoms with Crippen LogP contribution in [0.25, 0.3) is 0 Å². The van der Waals surface area contributed by atoms with E-state index >= 15 is 0 Å². The smallest absolute Gasteiger partial charge is 0.0674 e. The van der Waals surface area contributed by atoms with Crippen molar-refractivity contribution in [1.82, 2.24) is 9.96 Å². The van der Waals surface area contributed by atoms with Crippen LogP contribution < -0.4 is 0 Å². The molecule has 1 fully saturated rings. The normalized spacial score (nSPS) is 20.1.